The maximum Gasteiger partial charge on any atom is 0.338 e. The summed E-state index contributed by atoms with van der Waals surface area (Å²) < 4.78 is 11.5. The van der Waals surface area contributed by atoms with Gasteiger partial charge in [-0.1, -0.05) is 51.2 Å². The molecule has 6 rings (SSSR count). The molecule has 2 aliphatic rings. The molecule has 3 atom stereocenters. The minimum Gasteiger partial charge on any atom is -0.484 e. The van der Waals surface area contributed by atoms with Gasteiger partial charge in [-0.15, -0.1) is 0 Å². The molecule has 0 radical (unpaired) electrons. The predicted molar refractivity (Wildman–Crippen MR) is 170 cm³/mol. The Morgan fingerprint density at radius 3 is 2.34 bits per heavy atom. The molecule has 3 aromatic carbocycles. The molecule has 44 heavy (non-hydrogen) atoms. The topological polar surface area (TPSA) is 135 Å². The van der Waals surface area contributed by atoms with Crippen molar-refractivity contribution in [3.63, 3.8) is 0 Å². The zero-order valence-electron chi connectivity index (χ0n) is 23.1. The Hall–Kier alpha value is -4.20. The fourth-order valence-electron chi connectivity index (χ4n) is 5.24. The Balaban J connectivity index is 1.17. The van der Waals surface area contributed by atoms with E-state index in [1.54, 1.807) is 79.7 Å². The molecule has 10 nitrogen and oxygen atoms in total. The third-order valence-corrected chi connectivity index (χ3v) is 10.1. The van der Waals surface area contributed by atoms with Crippen LogP contribution in [-0.4, -0.2) is 47.1 Å². The smallest absolute Gasteiger partial charge is 0.338 e. The minimum absolute atomic E-state index is 0.251. The van der Waals surface area contributed by atoms with Crippen LogP contribution in [0.5, 0.6) is 5.75 Å². The Morgan fingerprint density at radius 2 is 1.66 bits per heavy atom. The van der Waals surface area contributed by atoms with Gasteiger partial charge in [-0.25, -0.2) is 9.69 Å². The molecule has 13 heteroatoms. The number of H-pyrrole nitrogens is 1. The number of anilines is 2. The summed E-state index contributed by atoms with van der Waals surface area (Å²) >= 11 is 5.65. The van der Waals surface area contributed by atoms with E-state index >= 15 is 0 Å². The highest BCUT2D eigenvalue weighted by atomic mass is 79.9. The van der Waals surface area contributed by atoms with Crippen LogP contribution in [0.15, 0.2) is 87.1 Å². The number of hydrogen-bond acceptors (Lipinski definition) is 9. The molecule has 3 amide bonds. The molecule has 1 fully saturated rings. The van der Waals surface area contributed by atoms with Crippen LogP contribution in [0.25, 0.3) is 0 Å². The number of carbonyl (C=O) groups excluding carboxylic acids is 4. The molecule has 2 N–H and O–H groups in total. The number of carbonyl (C=O) groups is 4. The molecule has 0 spiro atoms. The van der Waals surface area contributed by atoms with Crippen molar-refractivity contribution in [1.82, 2.24) is 4.98 Å². The van der Waals surface area contributed by atoms with Gasteiger partial charge in [0.05, 0.1) is 28.8 Å². The number of aromatic amines is 1. The van der Waals surface area contributed by atoms with Gasteiger partial charge in [-0.05, 0) is 73.2 Å². The number of halogens is 1. The number of esters is 1. The molecule has 2 aliphatic heterocycles. The van der Waals surface area contributed by atoms with Gasteiger partial charge in [-0.2, -0.15) is 0 Å². The second-order valence-corrected chi connectivity index (χ2v) is 13.0. The van der Waals surface area contributed by atoms with Crippen LogP contribution in [-0.2, 0) is 19.1 Å². The summed E-state index contributed by atoms with van der Waals surface area (Å²) in [4.78, 5) is 68.5. The van der Waals surface area contributed by atoms with Crippen molar-refractivity contribution in [1.29, 1.82) is 0 Å². The molecule has 1 aromatic heterocycles. The standard InChI is InChI=1S/C31H24BrN3O7S2/c1-2-41-30(39)17-3-9-19(10-4-17)33-22(36)15-42-21-13-5-16(6-14-21)23-24-26(43-27-25(23)44-31(40)34-27)29(38)35(28(24)37)20-11-7-18(32)8-12-20/h3-14,23-24,26H,2,15H2,1H3,(H,33,36)(H,34,40). The second kappa shape index (κ2) is 12.4. The molecule has 224 valence electrons. The van der Waals surface area contributed by atoms with E-state index < -0.39 is 29.0 Å². The van der Waals surface area contributed by atoms with Gasteiger partial charge in [0.15, 0.2) is 6.61 Å². The van der Waals surface area contributed by atoms with E-state index in [9.17, 15) is 24.0 Å². The maximum atomic E-state index is 13.8. The van der Waals surface area contributed by atoms with E-state index in [2.05, 4.69) is 26.2 Å². The van der Waals surface area contributed by atoms with Gasteiger partial charge in [-0.3, -0.25) is 19.2 Å². The van der Waals surface area contributed by atoms with Crippen LogP contribution in [0.1, 0.15) is 33.6 Å². The number of benzene rings is 3. The summed E-state index contributed by atoms with van der Waals surface area (Å²) in [6.07, 6.45) is 0. The molecule has 0 aliphatic carbocycles. The van der Waals surface area contributed by atoms with E-state index in [0.717, 1.165) is 21.4 Å². The molecule has 1 saturated heterocycles. The Kier molecular flexibility index (Phi) is 8.43. The van der Waals surface area contributed by atoms with Crippen molar-refractivity contribution in [2.24, 2.45) is 5.92 Å². The molecular formula is C31H24BrN3O7S2. The van der Waals surface area contributed by atoms with E-state index in [1.807, 2.05) is 0 Å². The van der Waals surface area contributed by atoms with Crippen LogP contribution in [0, 0.1) is 5.92 Å². The second-order valence-electron chi connectivity index (χ2n) is 9.94. The first-order valence-electron chi connectivity index (χ1n) is 13.6. The van der Waals surface area contributed by atoms with E-state index in [4.69, 9.17) is 9.47 Å². The number of nitrogens with zero attached hydrogens (tertiary/aromatic N) is 1. The third kappa shape index (κ3) is 5.82. The highest BCUT2D eigenvalue weighted by Gasteiger charge is 2.56. The normalized spacial score (nSPS) is 18.9. The van der Waals surface area contributed by atoms with Crippen molar-refractivity contribution < 1.29 is 28.7 Å². The van der Waals surface area contributed by atoms with Gasteiger partial charge >= 0.3 is 10.8 Å². The molecule has 0 bridgehead atoms. The average Bonchev–Trinajstić information content (AvgIpc) is 3.51. The number of rotatable bonds is 8. The maximum absolute atomic E-state index is 13.8. The van der Waals surface area contributed by atoms with E-state index in [0.29, 0.717) is 32.6 Å². The largest absolute Gasteiger partial charge is 0.484 e. The summed E-state index contributed by atoms with van der Waals surface area (Å²) in [6.45, 7) is 1.74. The van der Waals surface area contributed by atoms with Gasteiger partial charge in [0, 0.05) is 21.0 Å². The Labute approximate surface area is 267 Å². The number of thioether (sulfide) groups is 1. The summed E-state index contributed by atoms with van der Waals surface area (Å²) in [5, 5.41) is 2.62. The lowest BCUT2D eigenvalue weighted by atomic mass is 9.83. The molecule has 4 aromatic rings. The number of amides is 3. The number of thiazole rings is 1. The number of fused-ring (bicyclic) bond motifs is 2. The van der Waals surface area contributed by atoms with Gasteiger partial charge in [0.1, 0.15) is 11.0 Å². The van der Waals surface area contributed by atoms with Crippen LogP contribution in [0.2, 0.25) is 0 Å². The number of aromatic nitrogens is 1. The van der Waals surface area contributed by atoms with Crippen molar-refractivity contribution in [2.45, 2.75) is 23.1 Å². The van der Waals surface area contributed by atoms with E-state index in [1.165, 1.54) is 16.7 Å². The van der Waals surface area contributed by atoms with Crippen LogP contribution >= 0.6 is 39.0 Å². The van der Waals surface area contributed by atoms with Crippen molar-refractivity contribution >= 4 is 74.1 Å². The molecule has 3 unspecified atom stereocenters. The highest BCUT2D eigenvalue weighted by molar-refractivity contribution is 9.10. The van der Waals surface area contributed by atoms with Crippen molar-refractivity contribution in [2.75, 3.05) is 23.4 Å². The van der Waals surface area contributed by atoms with Crippen LogP contribution in [0.3, 0.4) is 0 Å². The number of imide groups is 1. The first-order valence-corrected chi connectivity index (χ1v) is 16.0. The number of ether oxygens (including phenoxy) is 2. The SMILES string of the molecule is CCOC(=O)c1ccc(NC(=O)COc2ccc(C3c4sc(=O)[nH]c4SC4C(=O)N(c5ccc(Br)cc5)C(=O)C43)cc2)cc1. The van der Waals surface area contributed by atoms with Crippen molar-refractivity contribution in [3.8, 4) is 5.75 Å². The lowest BCUT2D eigenvalue weighted by molar-refractivity contribution is -0.122. The summed E-state index contributed by atoms with van der Waals surface area (Å²) in [5.41, 5.74) is 2.12. The third-order valence-electron chi connectivity index (χ3n) is 7.20. The lowest BCUT2D eigenvalue weighted by Crippen LogP contribution is -2.32. The fourth-order valence-corrected chi connectivity index (χ4v) is 8.02. The minimum atomic E-state index is -0.706. The molecular weight excluding hydrogens is 670 g/mol. The van der Waals surface area contributed by atoms with Gasteiger partial charge in [0.25, 0.3) is 5.91 Å². The summed E-state index contributed by atoms with van der Waals surface area (Å²) in [6, 6.07) is 20.3. The Bertz CT molecular complexity index is 1800. The fraction of sp³-hybridized carbons (Fsp3) is 0.194. The van der Waals surface area contributed by atoms with Crippen LogP contribution < -0.4 is 19.8 Å². The van der Waals surface area contributed by atoms with Crippen molar-refractivity contribution in [3.05, 3.63) is 103 Å². The lowest BCUT2D eigenvalue weighted by Gasteiger charge is -2.29. The average molecular weight is 695 g/mol. The Morgan fingerprint density at radius 1 is 0.955 bits per heavy atom. The summed E-state index contributed by atoms with van der Waals surface area (Å²) in [7, 11) is 0. The number of nitrogens with one attached hydrogen (secondary N) is 2. The molecule has 3 heterocycles. The first-order chi connectivity index (χ1) is 21.2. The van der Waals surface area contributed by atoms with Gasteiger partial charge < -0.3 is 19.8 Å². The highest BCUT2D eigenvalue weighted by Crippen LogP contribution is 2.53. The zero-order valence-corrected chi connectivity index (χ0v) is 26.3. The predicted octanol–water partition coefficient (Wildman–Crippen LogP) is 5.19. The van der Waals surface area contributed by atoms with E-state index in [-0.39, 0.29) is 29.9 Å². The zero-order chi connectivity index (χ0) is 31.0. The first kappa shape index (κ1) is 29.9. The molecule has 0 saturated carbocycles. The number of hydrogen-bond donors (Lipinski definition) is 2. The quantitative estimate of drug-likeness (QED) is 0.190. The summed E-state index contributed by atoms with van der Waals surface area (Å²) in [5.74, 6) is -2.27. The monoisotopic (exact) mass is 693 g/mol. The van der Waals surface area contributed by atoms with Crippen LogP contribution in [0.4, 0.5) is 11.4 Å². The van der Waals surface area contributed by atoms with Gasteiger partial charge in [0.2, 0.25) is 11.8 Å².